The second-order valence-electron chi connectivity index (χ2n) is 9.20. The van der Waals surface area contributed by atoms with E-state index in [-0.39, 0.29) is 41.4 Å². The minimum atomic E-state index is -4.92. The predicted octanol–water partition coefficient (Wildman–Crippen LogP) is 4.35. The van der Waals surface area contributed by atoms with Crippen molar-refractivity contribution in [2.45, 2.75) is 136 Å². The largest absolute Gasteiger partial charge is 1.00 e. The van der Waals surface area contributed by atoms with E-state index in [9.17, 15) is 4.79 Å². The van der Waals surface area contributed by atoms with E-state index in [1.165, 1.54) is 96.3 Å². The van der Waals surface area contributed by atoms with Crippen LogP contribution in [-0.4, -0.2) is 23.4 Å². The van der Waals surface area contributed by atoms with Crippen molar-refractivity contribution < 1.29 is 51.9 Å². The Morgan fingerprint density at radius 2 is 1.26 bits per heavy atom. The van der Waals surface area contributed by atoms with Gasteiger partial charge < -0.3 is 10.3 Å². The molecule has 0 aliphatic rings. The van der Waals surface area contributed by atoms with Gasteiger partial charge in [0.15, 0.2) is 0 Å². The van der Waals surface area contributed by atoms with Crippen molar-refractivity contribution >= 4 is 16.3 Å². The van der Waals surface area contributed by atoms with E-state index in [4.69, 9.17) is 23.3 Å². The molecule has 1 amide bonds. The van der Waals surface area contributed by atoms with Gasteiger partial charge in [0.2, 0.25) is 16.3 Å². The Morgan fingerprint density at radius 3 is 1.71 bits per heavy atom. The van der Waals surface area contributed by atoms with Gasteiger partial charge in [-0.2, -0.15) is 0 Å². The number of hydrogen-bond acceptors (Lipinski definition) is 4. The Morgan fingerprint density at radius 1 is 0.824 bits per heavy atom. The maximum absolute atomic E-state index is 11.8. The molecule has 0 aliphatic heterocycles. The molecule has 2 unspecified atom stereocenters. The first-order valence-corrected chi connectivity index (χ1v) is 14.6. The molecule has 0 spiro atoms. The normalized spacial score (nSPS) is 13.1. The van der Waals surface area contributed by atoms with Crippen molar-refractivity contribution in [2.75, 3.05) is 0 Å². The van der Waals surface area contributed by atoms with Crippen LogP contribution in [0, 0.1) is 11.8 Å². The first-order chi connectivity index (χ1) is 15.7. The van der Waals surface area contributed by atoms with E-state index in [2.05, 4.69) is 32.9 Å². The molecule has 3 N–H and O–H groups in total. The van der Waals surface area contributed by atoms with Crippen LogP contribution in [0.25, 0.3) is 0 Å². The molecule has 0 radical (unpaired) electrons. The number of unbranched alkanes of at least 4 members (excludes halogenated alkanes) is 11. The van der Waals surface area contributed by atoms with Gasteiger partial charge in [-0.25, -0.2) is 8.42 Å². The minimum Gasteiger partial charge on any atom is -0.726 e. The quantitative estimate of drug-likeness (QED) is 0.0777. The third kappa shape index (κ3) is 34.2. The van der Waals surface area contributed by atoms with E-state index in [1.54, 1.807) is 0 Å². The zero-order chi connectivity index (χ0) is 25.4. The Labute approximate surface area is 233 Å². The molecule has 0 aromatic rings. The number of nitrogens with two attached hydrogens (primary N) is 1. The number of carbonyl (C=O) groups is 1. The number of allylic oxidation sites excluding steroid dienone is 2. The van der Waals surface area contributed by atoms with Crippen LogP contribution in [0.4, 0.5) is 0 Å². The summed E-state index contributed by atoms with van der Waals surface area (Å²) in [6, 6.07) is 0. The molecular weight excluding hydrogens is 461 g/mol. The topological polar surface area (TPSA) is 121 Å². The van der Waals surface area contributed by atoms with Crippen LogP contribution in [0.1, 0.15) is 136 Å². The van der Waals surface area contributed by atoms with E-state index in [1.807, 2.05) is 0 Å². The molecule has 0 heterocycles. The van der Waals surface area contributed by atoms with Gasteiger partial charge in [-0.05, 0) is 44.4 Å². The number of carbonyl (C=O) groups excluding carboxylic acids is 1. The molecule has 8 heteroatoms. The summed E-state index contributed by atoms with van der Waals surface area (Å²) in [7, 11) is -4.92. The zero-order valence-electron chi connectivity index (χ0n) is 22.6. The van der Waals surface area contributed by atoms with Gasteiger partial charge in [0.25, 0.3) is 0 Å². The second kappa shape index (κ2) is 27.7. The molecule has 0 aliphatic carbocycles. The van der Waals surface area contributed by atoms with Gasteiger partial charge in [0.1, 0.15) is 0 Å². The molecule has 0 aromatic heterocycles. The Balaban J connectivity index is -0.00000144. The standard InChI is InChI=1S/C26H51NO.Na.H2O4S/c1-4-7-9-10-11-12-13-14-15-16-17-18-19-20-22-25(26(27)28)23-24(6-3)21-8-5-2;;1-5(2,3)4/h14-15,24-25H,4-13,16-23H2,1-3H3,(H2,27,28);;(H2,1,2,3,4)/q;+1;/p-1/b15-14-;;. The Hall–Kier alpha value is 0.0800. The first kappa shape index (κ1) is 38.6. The molecule has 0 aromatic carbocycles. The van der Waals surface area contributed by atoms with E-state index in [0.717, 1.165) is 19.3 Å². The fraction of sp³-hybridized carbons (Fsp3) is 0.885. The summed E-state index contributed by atoms with van der Waals surface area (Å²) in [5.74, 6) is 0.695. The fourth-order valence-electron chi connectivity index (χ4n) is 4.04. The number of amides is 1. The van der Waals surface area contributed by atoms with Crippen LogP contribution in [0.5, 0.6) is 0 Å². The van der Waals surface area contributed by atoms with Crippen LogP contribution in [0.2, 0.25) is 0 Å². The Bertz CT molecular complexity index is 562. The molecule has 2 atom stereocenters. The Kier molecular flexibility index (Phi) is 31.4. The summed E-state index contributed by atoms with van der Waals surface area (Å²) in [5, 5.41) is 0. The van der Waals surface area contributed by atoms with Gasteiger partial charge in [0.05, 0.1) is 0 Å². The summed E-state index contributed by atoms with van der Waals surface area (Å²) in [6.07, 6.45) is 27.4. The minimum absolute atomic E-state index is 0. The predicted molar refractivity (Wildman–Crippen MR) is 138 cm³/mol. The summed E-state index contributed by atoms with van der Waals surface area (Å²) < 4.78 is 32.8. The van der Waals surface area contributed by atoms with E-state index < -0.39 is 10.4 Å². The monoisotopic (exact) mass is 513 g/mol. The number of rotatable bonds is 21. The molecule has 0 fully saturated rings. The van der Waals surface area contributed by atoms with E-state index >= 15 is 0 Å². The molecule has 0 saturated heterocycles. The van der Waals surface area contributed by atoms with Crippen molar-refractivity contribution in [3.05, 3.63) is 12.2 Å². The number of primary amides is 1. The fourth-order valence-corrected chi connectivity index (χ4v) is 4.04. The maximum atomic E-state index is 11.8. The average Bonchev–Trinajstić information content (AvgIpc) is 2.74. The SMILES string of the molecule is CCCCCCCC/C=C\CCCCCCC(CC(CC)CCCC)C(N)=O.O=S(=O)([O-])O.[Na+]. The molecule has 0 bridgehead atoms. The summed E-state index contributed by atoms with van der Waals surface area (Å²) in [5.41, 5.74) is 5.67. The van der Waals surface area contributed by atoms with Gasteiger partial charge in [-0.1, -0.05) is 110 Å². The number of hydrogen-bond donors (Lipinski definition) is 2. The molecular formula is C26H52NNaO5S. The van der Waals surface area contributed by atoms with E-state index in [0.29, 0.717) is 5.92 Å². The van der Waals surface area contributed by atoms with Crippen LogP contribution in [0.15, 0.2) is 12.2 Å². The van der Waals surface area contributed by atoms with Gasteiger partial charge >= 0.3 is 29.6 Å². The molecule has 6 nitrogen and oxygen atoms in total. The summed E-state index contributed by atoms with van der Waals surface area (Å²) >= 11 is 0. The third-order valence-electron chi connectivity index (χ3n) is 6.13. The van der Waals surface area contributed by atoms with Gasteiger partial charge in [-0.15, -0.1) is 0 Å². The van der Waals surface area contributed by atoms with Crippen LogP contribution in [-0.2, 0) is 15.2 Å². The summed E-state index contributed by atoms with van der Waals surface area (Å²) in [6.45, 7) is 6.76. The molecule has 34 heavy (non-hydrogen) atoms. The van der Waals surface area contributed by atoms with Gasteiger partial charge in [0, 0.05) is 5.92 Å². The van der Waals surface area contributed by atoms with Crippen LogP contribution < -0.4 is 35.3 Å². The maximum Gasteiger partial charge on any atom is 1.00 e. The van der Waals surface area contributed by atoms with Crippen molar-refractivity contribution in [1.29, 1.82) is 0 Å². The zero-order valence-corrected chi connectivity index (χ0v) is 25.4. The smallest absolute Gasteiger partial charge is 0.726 e. The van der Waals surface area contributed by atoms with Crippen molar-refractivity contribution in [3.8, 4) is 0 Å². The van der Waals surface area contributed by atoms with Crippen LogP contribution >= 0.6 is 0 Å². The van der Waals surface area contributed by atoms with Crippen molar-refractivity contribution in [3.63, 3.8) is 0 Å². The van der Waals surface area contributed by atoms with Crippen molar-refractivity contribution in [2.24, 2.45) is 17.6 Å². The third-order valence-corrected chi connectivity index (χ3v) is 6.13. The van der Waals surface area contributed by atoms with Crippen LogP contribution in [0.3, 0.4) is 0 Å². The van der Waals surface area contributed by atoms with Crippen molar-refractivity contribution in [1.82, 2.24) is 0 Å². The average molecular weight is 514 g/mol. The molecule has 0 saturated carbocycles. The molecule has 198 valence electrons. The summed E-state index contributed by atoms with van der Waals surface area (Å²) in [4.78, 5) is 11.8. The second-order valence-corrected chi connectivity index (χ2v) is 10.1. The molecule has 0 rings (SSSR count). The van der Waals surface area contributed by atoms with Gasteiger partial charge in [-0.3, -0.25) is 9.35 Å². The first-order valence-electron chi connectivity index (χ1n) is 13.3.